The smallest absolute Gasteiger partial charge is 0.255 e. The lowest BCUT2D eigenvalue weighted by Gasteiger charge is -2.09. The molecule has 0 aliphatic carbocycles. The molecule has 0 heterocycles. The highest BCUT2D eigenvalue weighted by Gasteiger charge is 2.08. The van der Waals surface area contributed by atoms with Gasteiger partial charge in [0, 0.05) is 22.5 Å². The molecule has 3 N–H and O–H groups in total. The van der Waals surface area contributed by atoms with Gasteiger partial charge in [0.25, 0.3) is 11.8 Å². The van der Waals surface area contributed by atoms with Crippen molar-refractivity contribution in [2.24, 2.45) is 0 Å². The van der Waals surface area contributed by atoms with Crippen molar-refractivity contribution < 1.29 is 14.7 Å². The van der Waals surface area contributed by atoms with Crippen molar-refractivity contribution in [3.63, 3.8) is 0 Å². The third-order valence-electron chi connectivity index (χ3n) is 6.69. The zero-order valence-corrected chi connectivity index (χ0v) is 24.2. The van der Waals surface area contributed by atoms with Crippen LogP contribution in [0.2, 0.25) is 0 Å². The molecule has 0 fully saturated rings. The fourth-order valence-corrected chi connectivity index (χ4v) is 4.13. The first-order valence-corrected chi connectivity index (χ1v) is 13.9. The number of nitrogens with one attached hydrogen (secondary N) is 2. The van der Waals surface area contributed by atoms with Crippen LogP contribution >= 0.6 is 0 Å². The first-order chi connectivity index (χ1) is 20.8. The average molecular weight is 567 g/mol. The van der Waals surface area contributed by atoms with Crippen LogP contribution in [-0.2, 0) is 0 Å². The normalized spacial score (nSPS) is 10.4. The summed E-state index contributed by atoms with van der Waals surface area (Å²) < 4.78 is 0. The summed E-state index contributed by atoms with van der Waals surface area (Å²) in [5.74, 6) is 0.0293. The molecule has 5 aromatic carbocycles. The maximum atomic E-state index is 12.3. The van der Waals surface area contributed by atoms with Gasteiger partial charge >= 0.3 is 0 Å². The first kappa shape index (κ1) is 30.3. The molecule has 5 heteroatoms. The summed E-state index contributed by atoms with van der Waals surface area (Å²) in [5, 5.41) is 15.2. The van der Waals surface area contributed by atoms with Crippen LogP contribution in [-0.4, -0.2) is 16.9 Å². The molecule has 0 aliphatic heterocycles. The number of amides is 2. The zero-order chi connectivity index (χ0) is 30.6. The molecule has 0 saturated carbocycles. The topological polar surface area (TPSA) is 78.4 Å². The van der Waals surface area contributed by atoms with E-state index in [-0.39, 0.29) is 17.6 Å². The van der Waals surface area contributed by atoms with Crippen LogP contribution < -0.4 is 10.6 Å². The summed E-state index contributed by atoms with van der Waals surface area (Å²) in [6.45, 7) is 7.66. The number of aryl methyl sites for hydroxylation is 2. The number of phenols is 1. The molecule has 0 bridgehead atoms. The summed E-state index contributed by atoms with van der Waals surface area (Å²) in [7, 11) is 0. The van der Waals surface area contributed by atoms with E-state index in [0.717, 1.165) is 39.2 Å². The van der Waals surface area contributed by atoms with Gasteiger partial charge in [-0.15, -0.1) is 0 Å². The van der Waals surface area contributed by atoms with Crippen molar-refractivity contribution in [2.75, 3.05) is 10.6 Å². The van der Waals surface area contributed by atoms with E-state index in [2.05, 4.69) is 17.2 Å². The van der Waals surface area contributed by atoms with Gasteiger partial charge in [-0.2, -0.15) is 0 Å². The van der Waals surface area contributed by atoms with Gasteiger partial charge in [0.2, 0.25) is 0 Å². The second kappa shape index (κ2) is 14.8. The molecular formula is C38H34N2O3. The van der Waals surface area contributed by atoms with Gasteiger partial charge in [-0.05, 0) is 90.2 Å². The van der Waals surface area contributed by atoms with E-state index in [1.54, 1.807) is 42.5 Å². The molecule has 0 spiro atoms. The molecule has 214 valence electrons. The number of phenolic OH excluding ortho intramolecular Hbond substituents is 1. The first-order valence-electron chi connectivity index (χ1n) is 13.9. The van der Waals surface area contributed by atoms with Crippen LogP contribution in [0.3, 0.4) is 0 Å². The summed E-state index contributed by atoms with van der Waals surface area (Å²) in [6.07, 6.45) is 5.70. The molecule has 5 nitrogen and oxygen atoms in total. The molecule has 0 aromatic heterocycles. The molecule has 0 saturated heterocycles. The standard InChI is InChI=1S/C22H19NO2.C16H15NO/c1-16-7-8-18(10-9-17-11-13-20(24)14-12-17)15-21(16)23-22(25)19-5-3-2-4-6-19;1-3-13-10-9-12(2)15(11-13)17-16(18)14-7-5-4-6-8-14/h2-15,24H,1H3,(H,23,25);3-11H,1H2,2H3,(H,17,18)/b10-9+;. The predicted molar refractivity (Wildman–Crippen MR) is 178 cm³/mol. The summed E-state index contributed by atoms with van der Waals surface area (Å²) in [4.78, 5) is 24.4. The van der Waals surface area contributed by atoms with E-state index in [9.17, 15) is 14.7 Å². The van der Waals surface area contributed by atoms with Crippen molar-refractivity contribution in [2.45, 2.75) is 13.8 Å². The fraction of sp³-hybridized carbons (Fsp3) is 0.0526. The third-order valence-corrected chi connectivity index (χ3v) is 6.69. The van der Waals surface area contributed by atoms with E-state index in [4.69, 9.17) is 0 Å². The molecule has 0 radical (unpaired) electrons. The molecule has 2 amide bonds. The van der Waals surface area contributed by atoms with E-state index in [0.29, 0.717) is 11.1 Å². The Labute approximate surface area is 252 Å². The second-order valence-electron chi connectivity index (χ2n) is 9.92. The monoisotopic (exact) mass is 566 g/mol. The van der Waals surface area contributed by atoms with Gasteiger partial charge in [0.05, 0.1) is 0 Å². The van der Waals surface area contributed by atoms with E-state index < -0.39 is 0 Å². The SMILES string of the molecule is C=Cc1ccc(C)c(NC(=O)c2ccccc2)c1.Cc1ccc(/C=C/c2ccc(O)cc2)cc1NC(=O)c1ccccc1. The number of hydrogen-bond donors (Lipinski definition) is 3. The second-order valence-corrected chi connectivity index (χ2v) is 9.92. The zero-order valence-electron chi connectivity index (χ0n) is 24.2. The Kier molecular flexibility index (Phi) is 10.4. The highest BCUT2D eigenvalue weighted by molar-refractivity contribution is 6.05. The van der Waals surface area contributed by atoms with Crippen molar-refractivity contribution >= 4 is 41.4 Å². The number of carbonyl (C=O) groups excluding carboxylic acids is 2. The number of hydrogen-bond acceptors (Lipinski definition) is 3. The third kappa shape index (κ3) is 8.90. The summed E-state index contributed by atoms with van der Waals surface area (Å²) in [6, 6.07) is 37.1. The van der Waals surface area contributed by atoms with Crippen LogP contribution in [0.15, 0.2) is 128 Å². The Morgan fingerprint density at radius 1 is 0.581 bits per heavy atom. The van der Waals surface area contributed by atoms with Gasteiger partial charge in [0.15, 0.2) is 0 Å². The highest BCUT2D eigenvalue weighted by atomic mass is 16.3. The minimum Gasteiger partial charge on any atom is -0.508 e. The van der Waals surface area contributed by atoms with Crippen molar-refractivity contribution in [1.82, 2.24) is 0 Å². The van der Waals surface area contributed by atoms with Gasteiger partial charge in [-0.1, -0.05) is 97.6 Å². The molecule has 43 heavy (non-hydrogen) atoms. The minimum atomic E-state index is -0.122. The Hall–Kier alpha value is -5.68. The van der Waals surface area contributed by atoms with Crippen LogP contribution in [0.5, 0.6) is 5.75 Å². The largest absolute Gasteiger partial charge is 0.508 e. The summed E-state index contributed by atoms with van der Waals surface area (Å²) in [5.41, 5.74) is 7.91. The number of rotatable bonds is 7. The van der Waals surface area contributed by atoms with Crippen LogP contribution in [0.25, 0.3) is 18.2 Å². The number of benzene rings is 5. The van der Waals surface area contributed by atoms with Crippen molar-refractivity contribution in [3.05, 3.63) is 167 Å². The minimum absolute atomic E-state index is 0.0973. The number of anilines is 2. The average Bonchev–Trinajstić information content (AvgIpc) is 3.04. The molecular weight excluding hydrogens is 532 g/mol. The van der Waals surface area contributed by atoms with Gasteiger partial charge in [-0.25, -0.2) is 0 Å². The molecule has 5 rings (SSSR count). The van der Waals surface area contributed by atoms with Gasteiger partial charge < -0.3 is 15.7 Å². The van der Waals surface area contributed by atoms with E-state index in [1.807, 2.05) is 111 Å². The Morgan fingerprint density at radius 2 is 1.00 bits per heavy atom. The number of aromatic hydroxyl groups is 1. The number of carbonyl (C=O) groups is 2. The highest BCUT2D eigenvalue weighted by Crippen LogP contribution is 2.21. The van der Waals surface area contributed by atoms with Crippen LogP contribution in [0.4, 0.5) is 11.4 Å². The van der Waals surface area contributed by atoms with Gasteiger partial charge in [0.1, 0.15) is 5.75 Å². The molecule has 0 aliphatic rings. The molecule has 0 atom stereocenters. The molecule has 5 aromatic rings. The van der Waals surface area contributed by atoms with Crippen LogP contribution in [0, 0.1) is 13.8 Å². The van der Waals surface area contributed by atoms with Crippen molar-refractivity contribution in [1.29, 1.82) is 0 Å². The predicted octanol–water partition coefficient (Wildman–Crippen LogP) is 9.01. The maximum Gasteiger partial charge on any atom is 0.255 e. The van der Waals surface area contributed by atoms with Gasteiger partial charge in [-0.3, -0.25) is 9.59 Å². The Bertz CT molecular complexity index is 1730. The summed E-state index contributed by atoms with van der Waals surface area (Å²) >= 11 is 0. The Balaban J connectivity index is 0.000000208. The Morgan fingerprint density at radius 3 is 1.49 bits per heavy atom. The van der Waals surface area contributed by atoms with Crippen LogP contribution in [0.1, 0.15) is 48.5 Å². The lowest BCUT2D eigenvalue weighted by molar-refractivity contribution is 0.101. The quantitative estimate of drug-likeness (QED) is 0.172. The molecule has 0 unspecified atom stereocenters. The maximum absolute atomic E-state index is 12.3. The lowest BCUT2D eigenvalue weighted by atomic mass is 10.1. The van der Waals surface area contributed by atoms with E-state index in [1.165, 1.54) is 0 Å². The fourth-order valence-electron chi connectivity index (χ4n) is 4.13. The van der Waals surface area contributed by atoms with E-state index >= 15 is 0 Å². The lowest BCUT2D eigenvalue weighted by Crippen LogP contribution is -2.12. The van der Waals surface area contributed by atoms with Crippen molar-refractivity contribution in [3.8, 4) is 5.75 Å².